The number of aliphatic carboxylic acids is 1. The zero-order valence-electron chi connectivity index (χ0n) is 12.8. The van der Waals surface area contributed by atoms with Crippen LogP contribution in [0.4, 0.5) is 0 Å². The number of nitrogens with zero attached hydrogens (tertiary/aromatic N) is 1. The molecule has 1 aromatic carbocycles. The van der Waals surface area contributed by atoms with E-state index in [1.54, 1.807) is 6.08 Å². The van der Waals surface area contributed by atoms with Crippen LogP contribution in [0.3, 0.4) is 0 Å². The lowest BCUT2D eigenvalue weighted by Crippen LogP contribution is -2.30. The van der Waals surface area contributed by atoms with Gasteiger partial charge < -0.3 is 9.84 Å². The lowest BCUT2D eigenvalue weighted by atomic mass is 10.2. The van der Waals surface area contributed by atoms with E-state index in [0.29, 0.717) is 15.0 Å². The number of carboxylic acid groups (broad SMARTS) is 1. The van der Waals surface area contributed by atoms with E-state index in [0.717, 1.165) is 5.56 Å². The van der Waals surface area contributed by atoms with Gasteiger partial charge in [0.25, 0.3) is 5.91 Å². The fourth-order valence-electron chi connectivity index (χ4n) is 2.00. The van der Waals surface area contributed by atoms with Crippen molar-refractivity contribution < 1.29 is 19.4 Å². The van der Waals surface area contributed by atoms with Gasteiger partial charge >= 0.3 is 5.97 Å². The zero-order valence-corrected chi connectivity index (χ0v) is 14.4. The van der Waals surface area contributed by atoms with Crippen molar-refractivity contribution in [1.29, 1.82) is 0 Å². The van der Waals surface area contributed by atoms with Crippen LogP contribution in [0.15, 0.2) is 29.2 Å². The van der Waals surface area contributed by atoms with Gasteiger partial charge in [-0.2, -0.15) is 0 Å². The zero-order chi connectivity index (χ0) is 17.0. The molecule has 1 saturated heterocycles. The number of amides is 1. The van der Waals surface area contributed by atoms with Gasteiger partial charge in [0.05, 0.1) is 17.4 Å². The first-order valence-electron chi connectivity index (χ1n) is 7.11. The summed E-state index contributed by atoms with van der Waals surface area (Å²) < 4.78 is 6.11. The predicted molar refractivity (Wildman–Crippen MR) is 94.3 cm³/mol. The van der Waals surface area contributed by atoms with Crippen LogP contribution >= 0.6 is 24.0 Å². The molecule has 1 aliphatic heterocycles. The number of carboxylic acids is 1. The lowest BCUT2D eigenvalue weighted by molar-refractivity contribution is -0.137. The van der Waals surface area contributed by atoms with E-state index >= 15 is 0 Å². The third kappa shape index (κ3) is 4.56. The number of thioether (sulfide) groups is 1. The molecule has 0 saturated carbocycles. The molecule has 0 aliphatic carbocycles. The van der Waals surface area contributed by atoms with Gasteiger partial charge in [-0.1, -0.05) is 42.2 Å². The minimum atomic E-state index is -0.960. The summed E-state index contributed by atoms with van der Waals surface area (Å²) in [5.41, 5.74) is 0.792. The van der Waals surface area contributed by atoms with Crippen molar-refractivity contribution in [2.45, 2.75) is 26.4 Å². The molecule has 1 aromatic rings. The molecule has 0 aromatic heterocycles. The molecule has 122 valence electrons. The van der Waals surface area contributed by atoms with Gasteiger partial charge in [-0.15, -0.1) is 0 Å². The molecule has 5 nitrogen and oxygen atoms in total. The molecule has 0 atom stereocenters. The van der Waals surface area contributed by atoms with Gasteiger partial charge in [-0.05, 0) is 26.0 Å². The summed E-state index contributed by atoms with van der Waals surface area (Å²) in [6.07, 6.45) is 1.62. The molecule has 0 unspecified atom stereocenters. The molecule has 1 fully saturated rings. The Morgan fingerprint density at radius 3 is 2.78 bits per heavy atom. The molecule has 1 aliphatic rings. The highest BCUT2D eigenvalue weighted by Gasteiger charge is 2.32. The van der Waals surface area contributed by atoms with Crippen molar-refractivity contribution in [3.63, 3.8) is 0 Å². The van der Waals surface area contributed by atoms with Crippen molar-refractivity contribution in [1.82, 2.24) is 4.90 Å². The van der Waals surface area contributed by atoms with Gasteiger partial charge in [0.2, 0.25) is 0 Å². The van der Waals surface area contributed by atoms with E-state index in [-0.39, 0.29) is 25.0 Å². The number of carbonyl (C=O) groups is 2. The van der Waals surface area contributed by atoms with Crippen LogP contribution < -0.4 is 4.74 Å². The highest BCUT2D eigenvalue weighted by Crippen LogP contribution is 2.34. The van der Waals surface area contributed by atoms with Gasteiger partial charge in [-0.25, -0.2) is 0 Å². The van der Waals surface area contributed by atoms with Crippen molar-refractivity contribution in [2.75, 3.05) is 6.54 Å². The number of ether oxygens (including phenoxy) is 1. The molecule has 1 amide bonds. The molecule has 2 rings (SSSR count). The van der Waals surface area contributed by atoms with E-state index in [1.807, 2.05) is 38.1 Å². The third-order valence-electron chi connectivity index (χ3n) is 2.99. The molecule has 1 heterocycles. The van der Waals surface area contributed by atoms with E-state index < -0.39 is 5.97 Å². The number of benzene rings is 1. The van der Waals surface area contributed by atoms with E-state index in [1.165, 1.54) is 16.7 Å². The van der Waals surface area contributed by atoms with Crippen molar-refractivity contribution in [3.8, 4) is 5.75 Å². The SMILES string of the molecule is CC(C)Oc1ccccc1/C=C1/SC(=S)N(CCC(=O)O)C1=O. The summed E-state index contributed by atoms with van der Waals surface area (Å²) in [6.45, 7) is 3.95. The fourth-order valence-corrected chi connectivity index (χ4v) is 3.30. The third-order valence-corrected chi connectivity index (χ3v) is 4.37. The smallest absolute Gasteiger partial charge is 0.305 e. The second-order valence-electron chi connectivity index (χ2n) is 5.18. The van der Waals surface area contributed by atoms with Gasteiger partial charge in [-0.3, -0.25) is 14.5 Å². The van der Waals surface area contributed by atoms with Gasteiger partial charge in [0, 0.05) is 12.1 Å². The summed E-state index contributed by atoms with van der Waals surface area (Å²) in [5.74, 6) is -0.530. The predicted octanol–water partition coefficient (Wildman–Crippen LogP) is 3.15. The molecule has 1 N–H and O–H groups in total. The Labute approximate surface area is 144 Å². The second-order valence-corrected chi connectivity index (χ2v) is 6.86. The minimum absolute atomic E-state index is 0.0228. The highest BCUT2D eigenvalue weighted by atomic mass is 32.2. The van der Waals surface area contributed by atoms with Crippen molar-refractivity contribution in [2.24, 2.45) is 0 Å². The Morgan fingerprint density at radius 2 is 2.13 bits per heavy atom. The topological polar surface area (TPSA) is 66.8 Å². The van der Waals surface area contributed by atoms with Crippen LogP contribution in [0.2, 0.25) is 0 Å². The number of hydrogen-bond donors (Lipinski definition) is 1. The van der Waals surface area contributed by atoms with Crippen LogP contribution in [0.1, 0.15) is 25.8 Å². The Balaban J connectivity index is 2.22. The maximum absolute atomic E-state index is 12.4. The molecule has 7 heteroatoms. The normalized spacial score (nSPS) is 16.5. The molecule has 0 spiro atoms. The highest BCUT2D eigenvalue weighted by molar-refractivity contribution is 8.26. The molecular weight excluding hydrogens is 334 g/mol. The summed E-state index contributed by atoms with van der Waals surface area (Å²) >= 11 is 6.34. The first kappa shape index (κ1) is 17.5. The maximum Gasteiger partial charge on any atom is 0.305 e. The fraction of sp³-hybridized carbons (Fsp3) is 0.312. The Hall–Kier alpha value is -1.86. The summed E-state index contributed by atoms with van der Waals surface area (Å²) in [7, 11) is 0. The monoisotopic (exact) mass is 351 g/mol. The largest absolute Gasteiger partial charge is 0.490 e. The molecule has 23 heavy (non-hydrogen) atoms. The maximum atomic E-state index is 12.4. The van der Waals surface area contributed by atoms with Crippen LogP contribution in [0, 0.1) is 0 Å². The Morgan fingerprint density at radius 1 is 1.43 bits per heavy atom. The van der Waals surface area contributed by atoms with Crippen LogP contribution in [0.25, 0.3) is 6.08 Å². The summed E-state index contributed by atoms with van der Waals surface area (Å²) in [4.78, 5) is 24.8. The molecule has 0 radical (unpaired) electrons. The van der Waals surface area contributed by atoms with Gasteiger partial charge in [0.1, 0.15) is 10.1 Å². The number of para-hydroxylation sites is 1. The Kier molecular flexibility index (Phi) is 5.79. The quantitative estimate of drug-likeness (QED) is 0.627. The average molecular weight is 351 g/mol. The van der Waals surface area contributed by atoms with E-state index in [2.05, 4.69) is 0 Å². The standard InChI is InChI=1S/C16H17NO4S2/c1-10(2)21-12-6-4-3-5-11(12)9-13-15(20)17(16(22)23-13)8-7-14(18)19/h3-6,9-10H,7-8H2,1-2H3,(H,18,19)/b13-9+. The van der Waals surface area contributed by atoms with Gasteiger partial charge in [0.15, 0.2) is 0 Å². The first-order chi connectivity index (χ1) is 10.9. The van der Waals surface area contributed by atoms with Crippen LogP contribution in [-0.4, -0.2) is 38.9 Å². The lowest BCUT2D eigenvalue weighted by Gasteiger charge is -2.13. The Bertz CT molecular complexity index is 670. The van der Waals surface area contributed by atoms with E-state index in [4.69, 9.17) is 22.1 Å². The summed E-state index contributed by atoms with van der Waals surface area (Å²) in [6, 6.07) is 7.44. The van der Waals surface area contributed by atoms with Crippen molar-refractivity contribution in [3.05, 3.63) is 34.7 Å². The van der Waals surface area contributed by atoms with Crippen LogP contribution in [-0.2, 0) is 9.59 Å². The number of hydrogen-bond acceptors (Lipinski definition) is 5. The first-order valence-corrected chi connectivity index (χ1v) is 8.34. The average Bonchev–Trinajstić information content (AvgIpc) is 2.73. The minimum Gasteiger partial charge on any atom is -0.490 e. The second kappa shape index (κ2) is 7.61. The van der Waals surface area contributed by atoms with E-state index in [9.17, 15) is 9.59 Å². The molecule has 0 bridgehead atoms. The summed E-state index contributed by atoms with van der Waals surface area (Å²) in [5, 5.41) is 8.75. The number of thiocarbonyl (C=S) groups is 1. The van der Waals surface area contributed by atoms with Crippen LogP contribution in [0.5, 0.6) is 5.75 Å². The number of carbonyl (C=O) groups excluding carboxylic acids is 1. The number of rotatable bonds is 6. The van der Waals surface area contributed by atoms with Crippen molar-refractivity contribution >= 4 is 46.3 Å². The molecular formula is C16H17NO4S2.